The maximum atomic E-state index is 12.9. The number of nitrogens with two attached hydrogens (primary N) is 1. The lowest BCUT2D eigenvalue weighted by molar-refractivity contribution is 0.0528. The van der Waals surface area contributed by atoms with Gasteiger partial charge in [-0.05, 0) is 30.0 Å². The minimum atomic E-state index is -0.0808. The Labute approximate surface area is 156 Å². The maximum Gasteiger partial charge on any atom is 0.273 e. The molecule has 2 aliphatic heterocycles. The number of nitrogens with zero attached hydrogens (tertiary/aromatic N) is 2. The van der Waals surface area contributed by atoms with Crippen LogP contribution >= 0.6 is 11.3 Å². The molecule has 1 saturated heterocycles. The Hall–Kier alpha value is -2.12. The topological polar surface area (TPSA) is 77.7 Å². The molecule has 4 rings (SSSR count). The maximum absolute atomic E-state index is 12.9. The van der Waals surface area contributed by atoms with Crippen LogP contribution in [0.5, 0.6) is 11.5 Å². The van der Waals surface area contributed by atoms with Gasteiger partial charge in [0, 0.05) is 30.1 Å². The van der Waals surface area contributed by atoms with Crippen LogP contribution in [0.25, 0.3) is 10.6 Å². The zero-order valence-corrected chi connectivity index (χ0v) is 15.8. The molecule has 2 aromatic rings. The number of amides is 1. The fourth-order valence-electron chi connectivity index (χ4n) is 3.39. The van der Waals surface area contributed by atoms with Crippen molar-refractivity contribution < 1.29 is 14.3 Å². The summed E-state index contributed by atoms with van der Waals surface area (Å²) in [5.41, 5.74) is 7.52. The normalized spacial score (nSPS) is 21.5. The summed E-state index contributed by atoms with van der Waals surface area (Å²) in [7, 11) is 0. The first-order valence-corrected chi connectivity index (χ1v) is 9.72. The zero-order valence-electron chi connectivity index (χ0n) is 15.0. The van der Waals surface area contributed by atoms with Crippen LogP contribution in [0.3, 0.4) is 0 Å². The summed E-state index contributed by atoms with van der Waals surface area (Å²) in [4.78, 5) is 19.3. The fourth-order valence-corrected chi connectivity index (χ4v) is 4.18. The van der Waals surface area contributed by atoms with E-state index in [0.29, 0.717) is 32.0 Å². The largest absolute Gasteiger partial charge is 0.486 e. The molecule has 1 aromatic heterocycles. The van der Waals surface area contributed by atoms with Gasteiger partial charge >= 0.3 is 0 Å². The molecular formula is C19H23N3O3S. The summed E-state index contributed by atoms with van der Waals surface area (Å²) in [5.74, 6) is 1.45. The predicted molar refractivity (Wildman–Crippen MR) is 101 cm³/mol. The number of likely N-dealkylation sites (tertiary alicyclic amines) is 1. The van der Waals surface area contributed by atoms with Crippen molar-refractivity contribution in [2.45, 2.75) is 26.3 Å². The van der Waals surface area contributed by atoms with Crippen molar-refractivity contribution in [3.8, 4) is 22.1 Å². The highest BCUT2D eigenvalue weighted by atomic mass is 32.1. The van der Waals surface area contributed by atoms with Gasteiger partial charge < -0.3 is 20.1 Å². The number of benzene rings is 1. The molecule has 0 aliphatic carbocycles. The van der Waals surface area contributed by atoms with Gasteiger partial charge in [0.05, 0.1) is 0 Å². The molecule has 1 unspecified atom stereocenters. The molecule has 138 valence electrons. The molecule has 0 bridgehead atoms. The molecule has 6 nitrogen and oxygen atoms in total. The van der Waals surface area contributed by atoms with Crippen molar-refractivity contribution in [3.63, 3.8) is 0 Å². The Kier molecular flexibility index (Phi) is 4.36. The highest BCUT2D eigenvalue weighted by Crippen LogP contribution is 2.36. The van der Waals surface area contributed by atoms with Crippen molar-refractivity contribution in [3.05, 3.63) is 29.3 Å². The van der Waals surface area contributed by atoms with E-state index in [1.54, 1.807) is 0 Å². The smallest absolute Gasteiger partial charge is 0.273 e. The molecule has 3 heterocycles. The third-order valence-corrected chi connectivity index (χ3v) is 6.00. The van der Waals surface area contributed by atoms with Gasteiger partial charge in [-0.3, -0.25) is 4.79 Å². The van der Waals surface area contributed by atoms with E-state index in [4.69, 9.17) is 15.2 Å². The van der Waals surface area contributed by atoms with E-state index in [2.05, 4.69) is 18.8 Å². The van der Waals surface area contributed by atoms with Gasteiger partial charge in [-0.1, -0.05) is 13.8 Å². The molecule has 0 radical (unpaired) electrons. The van der Waals surface area contributed by atoms with Gasteiger partial charge in [0.1, 0.15) is 23.9 Å². The third kappa shape index (κ3) is 3.17. The summed E-state index contributed by atoms with van der Waals surface area (Å²) in [6.45, 7) is 6.67. The molecule has 26 heavy (non-hydrogen) atoms. The number of rotatable bonds is 2. The van der Waals surface area contributed by atoms with E-state index < -0.39 is 0 Å². The van der Waals surface area contributed by atoms with E-state index in [9.17, 15) is 4.79 Å². The summed E-state index contributed by atoms with van der Waals surface area (Å²) in [6.07, 6.45) is 0.817. The Morgan fingerprint density at radius 1 is 1.31 bits per heavy atom. The first-order valence-electron chi connectivity index (χ1n) is 8.84. The molecule has 1 fully saturated rings. The number of hydrogen-bond donors (Lipinski definition) is 1. The molecular weight excluding hydrogens is 350 g/mol. The molecule has 2 aliphatic rings. The Balaban J connectivity index is 1.54. The number of aromatic nitrogens is 1. The van der Waals surface area contributed by atoms with Crippen molar-refractivity contribution in [2.75, 3.05) is 26.3 Å². The second kappa shape index (κ2) is 6.55. The van der Waals surface area contributed by atoms with Gasteiger partial charge in [-0.15, -0.1) is 11.3 Å². The number of thiazole rings is 1. The second-order valence-electron chi connectivity index (χ2n) is 7.51. The lowest BCUT2D eigenvalue weighted by Gasteiger charge is -2.42. The van der Waals surface area contributed by atoms with E-state index in [1.165, 1.54) is 11.3 Å². The molecule has 1 atom stereocenters. The highest BCUT2D eigenvalue weighted by molar-refractivity contribution is 7.13. The number of hydrogen-bond acceptors (Lipinski definition) is 6. The van der Waals surface area contributed by atoms with E-state index in [0.717, 1.165) is 28.5 Å². The highest BCUT2D eigenvalue weighted by Gasteiger charge is 2.36. The standard InChI is InChI=1S/C19H23N3O3S/c1-19(2)11-22(6-5-16(19)20)18(23)13-10-26-17(21-13)12-3-4-14-15(9-12)25-8-7-24-14/h3-4,9-10,16H,5-8,11,20H2,1-2H3. The quantitative estimate of drug-likeness (QED) is 0.876. The Bertz CT molecular complexity index is 833. The fraction of sp³-hybridized carbons (Fsp3) is 0.474. The molecule has 0 saturated carbocycles. The van der Waals surface area contributed by atoms with Crippen LogP contribution in [0.15, 0.2) is 23.6 Å². The van der Waals surface area contributed by atoms with Crippen molar-refractivity contribution in [2.24, 2.45) is 11.1 Å². The van der Waals surface area contributed by atoms with Crippen LogP contribution in [0.2, 0.25) is 0 Å². The SMILES string of the molecule is CC1(C)CN(C(=O)c2csc(-c3ccc4c(c3)OCCO4)n2)CCC1N. The lowest BCUT2D eigenvalue weighted by atomic mass is 9.79. The molecule has 7 heteroatoms. The molecule has 2 N–H and O–H groups in total. The number of ether oxygens (including phenoxy) is 2. The van der Waals surface area contributed by atoms with E-state index in [-0.39, 0.29) is 17.4 Å². The minimum absolute atomic E-state index is 0.0231. The summed E-state index contributed by atoms with van der Waals surface area (Å²) < 4.78 is 11.2. The summed E-state index contributed by atoms with van der Waals surface area (Å²) in [5, 5.41) is 2.63. The number of fused-ring (bicyclic) bond motifs is 1. The minimum Gasteiger partial charge on any atom is -0.486 e. The van der Waals surface area contributed by atoms with Gasteiger partial charge in [-0.25, -0.2) is 4.98 Å². The average Bonchev–Trinajstić information content (AvgIpc) is 3.13. The molecule has 1 amide bonds. The first-order chi connectivity index (χ1) is 12.4. The van der Waals surface area contributed by atoms with Gasteiger partial charge in [0.15, 0.2) is 11.5 Å². The summed E-state index contributed by atoms with van der Waals surface area (Å²) >= 11 is 1.47. The Morgan fingerprint density at radius 2 is 2.08 bits per heavy atom. The van der Waals surface area contributed by atoms with Crippen molar-refractivity contribution in [1.29, 1.82) is 0 Å². The van der Waals surface area contributed by atoms with Crippen LogP contribution < -0.4 is 15.2 Å². The monoisotopic (exact) mass is 373 g/mol. The van der Waals surface area contributed by atoms with Crippen molar-refractivity contribution >= 4 is 17.2 Å². The van der Waals surface area contributed by atoms with Crippen molar-refractivity contribution in [1.82, 2.24) is 9.88 Å². The number of carbonyl (C=O) groups excluding carboxylic acids is 1. The molecule has 1 aromatic carbocycles. The van der Waals surface area contributed by atoms with Gasteiger partial charge in [0.2, 0.25) is 0 Å². The van der Waals surface area contributed by atoms with Crippen LogP contribution in [0, 0.1) is 5.41 Å². The predicted octanol–water partition coefficient (Wildman–Crippen LogP) is 2.78. The van der Waals surface area contributed by atoms with Crippen LogP contribution in [-0.4, -0.2) is 48.1 Å². The van der Waals surface area contributed by atoms with Crippen LogP contribution in [-0.2, 0) is 0 Å². The van der Waals surface area contributed by atoms with Crippen LogP contribution in [0.1, 0.15) is 30.8 Å². The number of piperidine rings is 1. The summed E-state index contributed by atoms with van der Waals surface area (Å²) in [6, 6.07) is 5.88. The van der Waals surface area contributed by atoms with E-state index >= 15 is 0 Å². The zero-order chi connectivity index (χ0) is 18.3. The second-order valence-corrected chi connectivity index (χ2v) is 8.36. The first kappa shape index (κ1) is 17.3. The third-order valence-electron chi connectivity index (χ3n) is 5.11. The lowest BCUT2D eigenvalue weighted by Crippen LogP contribution is -2.54. The van der Waals surface area contributed by atoms with Gasteiger partial charge in [-0.2, -0.15) is 0 Å². The van der Waals surface area contributed by atoms with Gasteiger partial charge in [0.25, 0.3) is 5.91 Å². The number of carbonyl (C=O) groups is 1. The van der Waals surface area contributed by atoms with E-state index in [1.807, 2.05) is 28.5 Å². The van der Waals surface area contributed by atoms with Crippen LogP contribution in [0.4, 0.5) is 0 Å². The average molecular weight is 373 g/mol. The Morgan fingerprint density at radius 3 is 2.85 bits per heavy atom. The molecule has 0 spiro atoms.